The molecule has 1 saturated heterocycles. The molecule has 1 atom stereocenters. The highest BCUT2D eigenvalue weighted by Crippen LogP contribution is 2.26. The third-order valence-corrected chi connectivity index (χ3v) is 6.40. The highest BCUT2D eigenvalue weighted by atomic mass is 32.2. The summed E-state index contributed by atoms with van der Waals surface area (Å²) in [7, 11) is -0.881. The van der Waals surface area contributed by atoms with Crippen molar-refractivity contribution in [1.82, 2.24) is 9.88 Å². The molecule has 1 aromatic heterocycles. The van der Waals surface area contributed by atoms with Gasteiger partial charge in [-0.1, -0.05) is 23.5 Å². The van der Waals surface area contributed by atoms with Gasteiger partial charge in [-0.2, -0.15) is 0 Å². The number of benzene rings is 1. The Hall–Kier alpha value is -1.47. The predicted molar refractivity (Wildman–Crippen MR) is 87.3 cm³/mol. The van der Waals surface area contributed by atoms with Crippen molar-refractivity contribution in [2.75, 3.05) is 24.2 Å². The lowest BCUT2D eigenvalue weighted by Crippen LogP contribution is -2.53. The van der Waals surface area contributed by atoms with E-state index in [1.165, 1.54) is 11.3 Å². The standard InChI is InChI=1S/C14H17N3O2S2/c1-14(2)9-17(7-8-21(14)19)13(18)16-12-15-10-5-3-4-6-11(10)20-12/h3-6H,7-9H2,1-2H3,(H,15,16,18). The summed E-state index contributed by atoms with van der Waals surface area (Å²) in [5.74, 6) is 0.528. The van der Waals surface area contributed by atoms with Crippen LogP contribution in [0.5, 0.6) is 0 Å². The van der Waals surface area contributed by atoms with Gasteiger partial charge < -0.3 is 4.90 Å². The smallest absolute Gasteiger partial charge is 0.322 e. The monoisotopic (exact) mass is 323 g/mol. The molecule has 1 fully saturated rings. The Labute approximate surface area is 129 Å². The third kappa shape index (κ3) is 2.94. The first-order valence-corrected chi connectivity index (χ1v) is 8.89. The molecule has 3 rings (SSSR count). The van der Waals surface area contributed by atoms with E-state index in [-0.39, 0.29) is 10.8 Å². The maximum Gasteiger partial charge on any atom is 0.323 e. The quantitative estimate of drug-likeness (QED) is 0.877. The van der Waals surface area contributed by atoms with Crippen molar-refractivity contribution in [2.45, 2.75) is 18.6 Å². The molecule has 5 nitrogen and oxygen atoms in total. The number of thiazole rings is 1. The van der Waals surface area contributed by atoms with Crippen LogP contribution in [0.1, 0.15) is 13.8 Å². The molecule has 2 amide bonds. The van der Waals surface area contributed by atoms with Crippen molar-refractivity contribution in [3.63, 3.8) is 0 Å². The number of nitrogens with zero attached hydrogens (tertiary/aromatic N) is 2. The number of aromatic nitrogens is 1. The summed E-state index contributed by atoms with van der Waals surface area (Å²) in [4.78, 5) is 18.4. The van der Waals surface area contributed by atoms with Crippen LogP contribution in [-0.4, -0.2) is 43.7 Å². The zero-order valence-corrected chi connectivity index (χ0v) is 13.6. The maximum atomic E-state index is 12.3. The first-order chi connectivity index (χ1) is 9.95. The summed E-state index contributed by atoms with van der Waals surface area (Å²) in [6.45, 7) is 4.88. The minimum Gasteiger partial charge on any atom is -0.322 e. The number of hydrogen-bond acceptors (Lipinski definition) is 4. The normalized spacial score (nSPS) is 21.4. The Morgan fingerprint density at radius 3 is 2.90 bits per heavy atom. The summed E-state index contributed by atoms with van der Waals surface area (Å²) >= 11 is 1.46. The number of nitrogens with one attached hydrogen (secondary N) is 1. The van der Waals surface area contributed by atoms with Gasteiger partial charge in [0.2, 0.25) is 0 Å². The van der Waals surface area contributed by atoms with Gasteiger partial charge in [0.15, 0.2) is 5.13 Å². The van der Waals surface area contributed by atoms with Crippen molar-refractivity contribution in [3.8, 4) is 0 Å². The molecule has 1 unspecified atom stereocenters. The lowest BCUT2D eigenvalue weighted by atomic mass is 10.2. The van der Waals surface area contributed by atoms with E-state index < -0.39 is 10.8 Å². The average Bonchev–Trinajstić information content (AvgIpc) is 2.83. The Morgan fingerprint density at radius 1 is 1.43 bits per heavy atom. The molecule has 0 saturated carbocycles. The minimum atomic E-state index is -0.881. The van der Waals surface area contributed by atoms with E-state index in [0.29, 0.717) is 24.0 Å². The number of fused-ring (bicyclic) bond motifs is 1. The Balaban J connectivity index is 1.73. The topological polar surface area (TPSA) is 62.3 Å². The molecular weight excluding hydrogens is 306 g/mol. The van der Waals surface area contributed by atoms with E-state index in [1.54, 1.807) is 4.90 Å². The summed E-state index contributed by atoms with van der Waals surface area (Å²) in [6, 6.07) is 7.62. The van der Waals surface area contributed by atoms with Crippen LogP contribution < -0.4 is 5.32 Å². The van der Waals surface area contributed by atoms with Gasteiger partial charge in [0, 0.05) is 29.6 Å². The van der Waals surface area contributed by atoms with Crippen molar-refractivity contribution in [1.29, 1.82) is 0 Å². The summed E-state index contributed by atoms with van der Waals surface area (Å²) < 4.78 is 12.6. The fourth-order valence-corrected chi connectivity index (χ4v) is 4.44. The molecule has 7 heteroatoms. The van der Waals surface area contributed by atoms with Gasteiger partial charge in [-0.25, -0.2) is 9.78 Å². The van der Waals surface area contributed by atoms with Crippen LogP contribution in [0.2, 0.25) is 0 Å². The number of para-hydroxylation sites is 1. The van der Waals surface area contributed by atoms with E-state index >= 15 is 0 Å². The Kier molecular flexibility index (Phi) is 3.71. The van der Waals surface area contributed by atoms with Crippen molar-refractivity contribution >= 4 is 43.5 Å². The van der Waals surface area contributed by atoms with Crippen LogP contribution >= 0.6 is 11.3 Å². The molecule has 1 aliphatic heterocycles. The molecule has 2 heterocycles. The average molecular weight is 323 g/mol. The molecule has 0 bridgehead atoms. The van der Waals surface area contributed by atoms with Gasteiger partial charge in [-0.3, -0.25) is 9.53 Å². The second kappa shape index (κ2) is 5.38. The minimum absolute atomic E-state index is 0.168. The fraction of sp³-hybridized carbons (Fsp3) is 0.429. The molecular formula is C14H17N3O2S2. The molecule has 0 aliphatic carbocycles. The zero-order chi connectivity index (χ0) is 15.0. The number of carbonyl (C=O) groups excluding carboxylic acids is 1. The van der Waals surface area contributed by atoms with Crippen LogP contribution in [0.15, 0.2) is 24.3 Å². The van der Waals surface area contributed by atoms with E-state index in [9.17, 15) is 9.00 Å². The van der Waals surface area contributed by atoms with Gasteiger partial charge in [0.05, 0.1) is 15.0 Å². The van der Waals surface area contributed by atoms with Gasteiger partial charge >= 0.3 is 6.03 Å². The number of amides is 2. The number of urea groups is 1. The number of hydrogen-bond donors (Lipinski definition) is 1. The summed E-state index contributed by atoms with van der Waals surface area (Å²) in [6.07, 6.45) is 0. The van der Waals surface area contributed by atoms with Gasteiger partial charge in [-0.15, -0.1) is 0 Å². The van der Waals surface area contributed by atoms with Crippen LogP contribution in [-0.2, 0) is 10.8 Å². The van der Waals surface area contributed by atoms with Crippen molar-refractivity contribution in [2.24, 2.45) is 0 Å². The lowest BCUT2D eigenvalue weighted by Gasteiger charge is -2.36. The van der Waals surface area contributed by atoms with Crippen LogP contribution in [0, 0.1) is 0 Å². The van der Waals surface area contributed by atoms with E-state index in [1.807, 2.05) is 38.1 Å². The second-order valence-corrected chi connectivity index (χ2v) is 8.88. The third-order valence-electron chi connectivity index (χ3n) is 3.53. The van der Waals surface area contributed by atoms with Crippen molar-refractivity contribution in [3.05, 3.63) is 24.3 Å². The predicted octanol–water partition coefficient (Wildman–Crippen LogP) is 2.67. The molecule has 1 N–H and O–H groups in total. The molecule has 21 heavy (non-hydrogen) atoms. The Bertz CT molecular complexity index is 678. The van der Waals surface area contributed by atoms with Crippen LogP contribution in [0.3, 0.4) is 0 Å². The first kappa shape index (κ1) is 14.5. The number of rotatable bonds is 1. The molecule has 0 radical (unpaired) electrons. The fourth-order valence-electron chi connectivity index (χ4n) is 2.35. The number of anilines is 1. The first-order valence-electron chi connectivity index (χ1n) is 6.76. The highest BCUT2D eigenvalue weighted by molar-refractivity contribution is 7.86. The van der Waals surface area contributed by atoms with Crippen molar-refractivity contribution < 1.29 is 9.00 Å². The Morgan fingerprint density at radius 2 is 2.19 bits per heavy atom. The summed E-state index contributed by atoms with van der Waals surface area (Å²) in [5, 5.41) is 3.45. The maximum absolute atomic E-state index is 12.3. The molecule has 1 aliphatic rings. The highest BCUT2D eigenvalue weighted by Gasteiger charge is 2.35. The molecule has 0 spiro atoms. The van der Waals surface area contributed by atoms with Gasteiger partial charge in [0.25, 0.3) is 0 Å². The molecule has 112 valence electrons. The lowest BCUT2D eigenvalue weighted by molar-refractivity contribution is 0.207. The van der Waals surface area contributed by atoms with Crippen LogP contribution in [0.25, 0.3) is 10.2 Å². The van der Waals surface area contributed by atoms with E-state index in [4.69, 9.17) is 0 Å². The van der Waals surface area contributed by atoms with E-state index in [0.717, 1.165) is 10.2 Å². The zero-order valence-electron chi connectivity index (χ0n) is 12.0. The number of carbonyl (C=O) groups is 1. The van der Waals surface area contributed by atoms with E-state index in [2.05, 4.69) is 10.3 Å². The largest absolute Gasteiger partial charge is 0.323 e. The van der Waals surface area contributed by atoms with Gasteiger partial charge in [-0.05, 0) is 26.0 Å². The molecule has 2 aromatic rings. The second-order valence-electron chi connectivity index (χ2n) is 5.65. The SMILES string of the molecule is CC1(C)CN(C(=O)Nc2nc3ccccc3s2)CCS1=O. The van der Waals surface area contributed by atoms with Crippen LogP contribution in [0.4, 0.5) is 9.93 Å². The molecule has 1 aromatic carbocycles. The van der Waals surface area contributed by atoms with Gasteiger partial charge in [0.1, 0.15) is 0 Å². The summed E-state index contributed by atoms with van der Waals surface area (Å²) in [5.41, 5.74) is 0.887.